The molecule has 0 aliphatic heterocycles. The van der Waals surface area contributed by atoms with Gasteiger partial charge in [-0.1, -0.05) is 12.1 Å². The van der Waals surface area contributed by atoms with Crippen LogP contribution in [0.4, 0.5) is 10.1 Å². The largest absolute Gasteiger partial charge is 0.396 e. The van der Waals surface area contributed by atoms with Crippen molar-refractivity contribution in [1.29, 1.82) is 0 Å². The monoisotopic (exact) mass is 259 g/mol. The normalized spacial score (nSPS) is 11.9. The Kier molecular flexibility index (Phi) is 3.75. The molecule has 4 nitrogen and oxygen atoms in total. The Bertz CT molecular complexity index is 586. The van der Waals surface area contributed by atoms with Crippen LogP contribution in [0, 0.1) is 5.82 Å². The SMILES string of the molecule is CC(NC(=O)c1cccc(F)c1N)c1cccnc1. The van der Waals surface area contributed by atoms with Gasteiger partial charge in [-0.2, -0.15) is 0 Å². The molecule has 1 aromatic heterocycles. The highest BCUT2D eigenvalue weighted by Gasteiger charge is 2.15. The summed E-state index contributed by atoms with van der Waals surface area (Å²) in [5.41, 5.74) is 6.41. The van der Waals surface area contributed by atoms with Gasteiger partial charge in [-0.25, -0.2) is 4.39 Å². The van der Waals surface area contributed by atoms with E-state index in [2.05, 4.69) is 10.3 Å². The summed E-state index contributed by atoms with van der Waals surface area (Å²) in [6, 6.07) is 7.57. The lowest BCUT2D eigenvalue weighted by Gasteiger charge is -2.14. The predicted octanol–water partition coefficient (Wildman–Crippen LogP) is 2.29. The molecule has 19 heavy (non-hydrogen) atoms. The van der Waals surface area contributed by atoms with Crippen LogP contribution in [0.5, 0.6) is 0 Å². The van der Waals surface area contributed by atoms with Crippen LogP contribution in [0.1, 0.15) is 28.9 Å². The number of aromatic nitrogens is 1. The van der Waals surface area contributed by atoms with E-state index in [0.29, 0.717) is 0 Å². The summed E-state index contributed by atoms with van der Waals surface area (Å²) in [5, 5.41) is 2.75. The average Bonchev–Trinajstić information content (AvgIpc) is 2.42. The number of nitrogens with one attached hydrogen (secondary N) is 1. The minimum Gasteiger partial charge on any atom is -0.396 e. The highest BCUT2D eigenvalue weighted by molar-refractivity contribution is 5.99. The summed E-state index contributed by atoms with van der Waals surface area (Å²) >= 11 is 0. The van der Waals surface area contributed by atoms with Gasteiger partial charge in [0.05, 0.1) is 17.3 Å². The van der Waals surface area contributed by atoms with Gasteiger partial charge in [0, 0.05) is 12.4 Å². The molecule has 98 valence electrons. The number of para-hydroxylation sites is 1. The van der Waals surface area contributed by atoms with Crippen molar-refractivity contribution in [2.24, 2.45) is 0 Å². The molecule has 2 aromatic rings. The van der Waals surface area contributed by atoms with Crippen LogP contribution in [0.25, 0.3) is 0 Å². The average molecular weight is 259 g/mol. The highest BCUT2D eigenvalue weighted by atomic mass is 19.1. The number of anilines is 1. The van der Waals surface area contributed by atoms with Crippen LogP contribution < -0.4 is 11.1 Å². The predicted molar refractivity (Wildman–Crippen MR) is 70.9 cm³/mol. The van der Waals surface area contributed by atoms with Gasteiger partial charge >= 0.3 is 0 Å². The minimum atomic E-state index is -0.596. The van der Waals surface area contributed by atoms with Crippen LogP contribution >= 0.6 is 0 Å². The van der Waals surface area contributed by atoms with Gasteiger partial charge in [-0.3, -0.25) is 9.78 Å². The van der Waals surface area contributed by atoms with Crippen molar-refractivity contribution in [3.05, 3.63) is 59.7 Å². The number of benzene rings is 1. The standard InChI is InChI=1S/C14H14FN3O/c1-9(10-4-3-7-17-8-10)18-14(19)11-5-2-6-12(15)13(11)16/h2-9H,16H2,1H3,(H,18,19). The second-order valence-corrected chi connectivity index (χ2v) is 4.18. The Balaban J connectivity index is 2.16. The Morgan fingerprint density at radius 1 is 1.37 bits per heavy atom. The zero-order valence-corrected chi connectivity index (χ0v) is 10.4. The number of rotatable bonds is 3. The number of nitrogen functional groups attached to an aromatic ring is 1. The fraction of sp³-hybridized carbons (Fsp3) is 0.143. The molecule has 2 rings (SSSR count). The number of hydrogen-bond acceptors (Lipinski definition) is 3. The molecule has 0 radical (unpaired) electrons. The van der Waals surface area contributed by atoms with Crippen molar-refractivity contribution in [2.45, 2.75) is 13.0 Å². The molecule has 0 saturated heterocycles. The van der Waals surface area contributed by atoms with Gasteiger partial charge in [-0.05, 0) is 30.7 Å². The number of nitrogens with zero attached hydrogens (tertiary/aromatic N) is 1. The first-order valence-electron chi connectivity index (χ1n) is 5.84. The fourth-order valence-electron chi connectivity index (χ4n) is 1.72. The van der Waals surface area contributed by atoms with Crippen molar-refractivity contribution in [1.82, 2.24) is 10.3 Å². The maximum atomic E-state index is 13.3. The third kappa shape index (κ3) is 2.88. The van der Waals surface area contributed by atoms with Crippen LogP contribution in [0.3, 0.4) is 0 Å². The van der Waals surface area contributed by atoms with Crippen LogP contribution in [0.15, 0.2) is 42.7 Å². The number of carbonyl (C=O) groups excluding carboxylic acids is 1. The molecule has 3 N–H and O–H groups in total. The Morgan fingerprint density at radius 3 is 2.84 bits per heavy atom. The van der Waals surface area contributed by atoms with Gasteiger partial charge in [0.15, 0.2) is 0 Å². The molecule has 5 heteroatoms. The molecule has 0 aliphatic rings. The Morgan fingerprint density at radius 2 is 2.16 bits per heavy atom. The number of halogens is 1. The second-order valence-electron chi connectivity index (χ2n) is 4.18. The molecule has 1 aromatic carbocycles. The lowest BCUT2D eigenvalue weighted by Crippen LogP contribution is -2.27. The molecular weight excluding hydrogens is 245 g/mol. The zero-order valence-electron chi connectivity index (χ0n) is 10.4. The van der Waals surface area contributed by atoms with Crippen LogP contribution in [-0.2, 0) is 0 Å². The lowest BCUT2D eigenvalue weighted by molar-refractivity contribution is 0.0940. The first kappa shape index (κ1) is 13.0. The van der Waals surface area contributed by atoms with Crippen molar-refractivity contribution >= 4 is 11.6 Å². The van der Waals surface area contributed by atoms with E-state index in [9.17, 15) is 9.18 Å². The summed E-state index contributed by atoms with van der Waals surface area (Å²) < 4.78 is 13.3. The fourth-order valence-corrected chi connectivity index (χ4v) is 1.72. The summed E-state index contributed by atoms with van der Waals surface area (Å²) in [6.45, 7) is 1.82. The van der Waals surface area contributed by atoms with Crippen LogP contribution in [-0.4, -0.2) is 10.9 Å². The van der Waals surface area contributed by atoms with E-state index >= 15 is 0 Å². The smallest absolute Gasteiger partial charge is 0.253 e. The lowest BCUT2D eigenvalue weighted by atomic mass is 10.1. The molecule has 0 fully saturated rings. The zero-order chi connectivity index (χ0) is 13.8. The van der Waals surface area contributed by atoms with Crippen molar-refractivity contribution in [3.8, 4) is 0 Å². The number of carbonyl (C=O) groups is 1. The molecule has 1 unspecified atom stereocenters. The highest BCUT2D eigenvalue weighted by Crippen LogP contribution is 2.17. The van der Waals surface area contributed by atoms with Gasteiger partial charge in [-0.15, -0.1) is 0 Å². The summed E-state index contributed by atoms with van der Waals surface area (Å²) in [4.78, 5) is 16.0. The van der Waals surface area contributed by atoms with E-state index < -0.39 is 11.7 Å². The molecular formula is C14H14FN3O. The molecule has 1 atom stereocenters. The topological polar surface area (TPSA) is 68.0 Å². The van der Waals surface area contributed by atoms with E-state index in [4.69, 9.17) is 5.73 Å². The van der Waals surface area contributed by atoms with Crippen molar-refractivity contribution in [3.63, 3.8) is 0 Å². The number of hydrogen-bond donors (Lipinski definition) is 2. The summed E-state index contributed by atoms with van der Waals surface area (Å²) in [7, 11) is 0. The number of pyridine rings is 1. The maximum Gasteiger partial charge on any atom is 0.253 e. The Labute approximate surface area is 110 Å². The number of amides is 1. The van der Waals surface area contributed by atoms with E-state index in [-0.39, 0.29) is 17.3 Å². The molecule has 0 saturated carbocycles. The van der Waals surface area contributed by atoms with E-state index in [0.717, 1.165) is 5.56 Å². The quantitative estimate of drug-likeness (QED) is 0.831. The van der Waals surface area contributed by atoms with Crippen LogP contribution in [0.2, 0.25) is 0 Å². The Hall–Kier alpha value is -2.43. The molecule has 1 heterocycles. The molecule has 0 bridgehead atoms. The summed E-state index contributed by atoms with van der Waals surface area (Å²) in [6.07, 6.45) is 3.32. The molecule has 0 spiro atoms. The van der Waals surface area contributed by atoms with Gasteiger partial charge in [0.1, 0.15) is 5.82 Å². The van der Waals surface area contributed by atoms with Crippen molar-refractivity contribution in [2.75, 3.05) is 5.73 Å². The maximum absolute atomic E-state index is 13.3. The van der Waals surface area contributed by atoms with Gasteiger partial charge in [0.25, 0.3) is 5.91 Å². The third-order valence-corrected chi connectivity index (χ3v) is 2.83. The van der Waals surface area contributed by atoms with E-state index in [1.165, 1.54) is 18.2 Å². The van der Waals surface area contributed by atoms with Gasteiger partial charge in [0.2, 0.25) is 0 Å². The van der Waals surface area contributed by atoms with Crippen molar-refractivity contribution < 1.29 is 9.18 Å². The van der Waals surface area contributed by atoms with E-state index in [1.54, 1.807) is 18.5 Å². The molecule has 0 aliphatic carbocycles. The minimum absolute atomic E-state index is 0.135. The first-order valence-corrected chi connectivity index (χ1v) is 5.84. The van der Waals surface area contributed by atoms with E-state index in [1.807, 2.05) is 13.0 Å². The third-order valence-electron chi connectivity index (χ3n) is 2.83. The second kappa shape index (κ2) is 5.48. The summed E-state index contributed by atoms with van der Waals surface area (Å²) in [5.74, 6) is -1.00. The first-order chi connectivity index (χ1) is 9.09. The number of nitrogens with two attached hydrogens (primary N) is 1. The molecule has 1 amide bonds. The van der Waals surface area contributed by atoms with Gasteiger partial charge < -0.3 is 11.1 Å².